The van der Waals surface area contributed by atoms with E-state index in [2.05, 4.69) is 5.10 Å². The monoisotopic (exact) mass is 218 g/mol. The fourth-order valence-electron chi connectivity index (χ4n) is 1.33. The molecule has 0 aliphatic rings. The Hall–Kier alpha value is -2.30. The number of carboxylic acids is 1. The third-order valence-electron chi connectivity index (χ3n) is 2.13. The zero-order valence-corrected chi connectivity index (χ0v) is 8.62. The van der Waals surface area contributed by atoms with Crippen molar-refractivity contribution in [3.05, 3.63) is 42.2 Å². The summed E-state index contributed by atoms with van der Waals surface area (Å²) in [5.41, 5.74) is 0.773. The van der Waals surface area contributed by atoms with Gasteiger partial charge in [0.25, 0.3) is 0 Å². The minimum atomic E-state index is -1.04. The van der Waals surface area contributed by atoms with Crippen molar-refractivity contribution >= 4 is 5.97 Å². The van der Waals surface area contributed by atoms with E-state index >= 15 is 0 Å². The Kier molecular flexibility index (Phi) is 2.59. The van der Waals surface area contributed by atoms with E-state index < -0.39 is 5.97 Å². The number of hydrogen-bond donors (Lipinski definition) is 1. The summed E-state index contributed by atoms with van der Waals surface area (Å²) in [6.07, 6.45) is 1.60. The van der Waals surface area contributed by atoms with Crippen LogP contribution >= 0.6 is 0 Å². The molecule has 0 amide bonds. The zero-order valence-electron chi connectivity index (χ0n) is 8.62. The largest absolute Gasteiger partial charge is 0.497 e. The van der Waals surface area contributed by atoms with Crippen LogP contribution in [0.25, 0.3) is 5.69 Å². The topological polar surface area (TPSA) is 64.3 Å². The molecule has 0 saturated carbocycles. The first-order valence-electron chi connectivity index (χ1n) is 4.64. The standard InChI is InChI=1S/C11H10N2O3/c1-16-9-4-2-3-8(7-9)13-6-5-10(12-13)11(14)15/h2-7H,1H3,(H,14,15). The summed E-state index contributed by atoms with van der Waals surface area (Å²) in [5, 5.41) is 12.7. The summed E-state index contributed by atoms with van der Waals surface area (Å²) < 4.78 is 6.57. The Morgan fingerprint density at radius 2 is 2.25 bits per heavy atom. The first-order chi connectivity index (χ1) is 7.70. The number of rotatable bonds is 3. The second-order valence-electron chi connectivity index (χ2n) is 3.15. The van der Waals surface area contributed by atoms with Crippen LogP contribution in [0.2, 0.25) is 0 Å². The maximum absolute atomic E-state index is 10.7. The van der Waals surface area contributed by atoms with Gasteiger partial charge in [-0.2, -0.15) is 5.10 Å². The second-order valence-corrected chi connectivity index (χ2v) is 3.15. The average molecular weight is 218 g/mol. The minimum absolute atomic E-state index is 0.0165. The zero-order chi connectivity index (χ0) is 11.5. The Morgan fingerprint density at radius 1 is 1.44 bits per heavy atom. The molecule has 0 unspecified atom stereocenters. The first kappa shape index (κ1) is 10.2. The molecule has 5 nitrogen and oxygen atoms in total. The van der Waals surface area contributed by atoms with Gasteiger partial charge in [-0.05, 0) is 18.2 Å². The number of benzene rings is 1. The van der Waals surface area contributed by atoms with Gasteiger partial charge in [0.15, 0.2) is 5.69 Å². The van der Waals surface area contributed by atoms with Gasteiger partial charge in [-0.1, -0.05) is 6.07 Å². The van der Waals surface area contributed by atoms with E-state index in [-0.39, 0.29) is 5.69 Å². The number of aromatic carboxylic acids is 1. The number of methoxy groups -OCH3 is 1. The molecule has 5 heteroatoms. The van der Waals surface area contributed by atoms with Crippen molar-refractivity contribution in [1.29, 1.82) is 0 Å². The van der Waals surface area contributed by atoms with Crippen LogP contribution in [0.15, 0.2) is 36.5 Å². The van der Waals surface area contributed by atoms with Crippen molar-refractivity contribution in [1.82, 2.24) is 9.78 Å². The van der Waals surface area contributed by atoms with Crippen LogP contribution in [0, 0.1) is 0 Å². The molecule has 82 valence electrons. The molecule has 0 saturated heterocycles. The number of carboxylic acid groups (broad SMARTS) is 1. The molecule has 0 aliphatic heterocycles. The van der Waals surface area contributed by atoms with E-state index in [0.717, 1.165) is 5.69 Å². The highest BCUT2D eigenvalue weighted by molar-refractivity contribution is 5.85. The van der Waals surface area contributed by atoms with E-state index in [4.69, 9.17) is 9.84 Å². The second kappa shape index (κ2) is 4.06. The van der Waals surface area contributed by atoms with Crippen LogP contribution in [-0.2, 0) is 0 Å². The molecule has 1 aromatic carbocycles. The van der Waals surface area contributed by atoms with Crippen molar-refractivity contribution in [2.45, 2.75) is 0 Å². The van der Waals surface area contributed by atoms with Gasteiger partial charge >= 0.3 is 5.97 Å². The SMILES string of the molecule is COc1cccc(-n2ccc(C(=O)O)n2)c1. The smallest absolute Gasteiger partial charge is 0.356 e. The Balaban J connectivity index is 2.38. The van der Waals surface area contributed by atoms with Crippen molar-refractivity contribution in [3.63, 3.8) is 0 Å². The molecule has 0 spiro atoms. The Labute approximate surface area is 91.9 Å². The fraction of sp³-hybridized carbons (Fsp3) is 0.0909. The summed E-state index contributed by atoms with van der Waals surface area (Å²) >= 11 is 0. The number of ether oxygens (including phenoxy) is 1. The van der Waals surface area contributed by atoms with Crippen LogP contribution < -0.4 is 4.74 Å². The van der Waals surface area contributed by atoms with E-state index in [9.17, 15) is 4.79 Å². The lowest BCUT2D eigenvalue weighted by atomic mass is 10.3. The molecule has 0 radical (unpaired) electrons. The Morgan fingerprint density at radius 3 is 2.88 bits per heavy atom. The summed E-state index contributed by atoms with van der Waals surface area (Å²) in [4.78, 5) is 10.7. The molecule has 16 heavy (non-hydrogen) atoms. The van der Waals surface area contributed by atoms with E-state index in [1.807, 2.05) is 18.2 Å². The normalized spacial score (nSPS) is 10.1. The van der Waals surface area contributed by atoms with Crippen LogP contribution in [0.5, 0.6) is 5.75 Å². The third-order valence-corrected chi connectivity index (χ3v) is 2.13. The van der Waals surface area contributed by atoms with Crippen molar-refractivity contribution < 1.29 is 14.6 Å². The predicted molar refractivity (Wildman–Crippen MR) is 57.1 cm³/mol. The lowest BCUT2D eigenvalue weighted by molar-refractivity contribution is 0.0690. The summed E-state index contributed by atoms with van der Waals surface area (Å²) in [5.74, 6) is -0.341. The molecule has 2 rings (SSSR count). The molecule has 1 heterocycles. The van der Waals surface area contributed by atoms with Crippen molar-refractivity contribution in [2.24, 2.45) is 0 Å². The van der Waals surface area contributed by atoms with Gasteiger partial charge in [-0.3, -0.25) is 0 Å². The molecular weight excluding hydrogens is 208 g/mol. The van der Waals surface area contributed by atoms with Crippen molar-refractivity contribution in [3.8, 4) is 11.4 Å². The highest BCUT2D eigenvalue weighted by atomic mass is 16.5. The molecule has 0 atom stereocenters. The highest BCUT2D eigenvalue weighted by Crippen LogP contribution is 2.15. The molecule has 0 aliphatic carbocycles. The van der Waals surface area contributed by atoms with Gasteiger partial charge < -0.3 is 9.84 Å². The lowest BCUT2D eigenvalue weighted by Crippen LogP contribution is -2.01. The first-order valence-corrected chi connectivity index (χ1v) is 4.64. The fourth-order valence-corrected chi connectivity index (χ4v) is 1.33. The molecule has 1 N–H and O–H groups in total. The molecule has 0 fully saturated rings. The Bertz CT molecular complexity index is 519. The van der Waals surface area contributed by atoms with Gasteiger partial charge in [0.2, 0.25) is 0 Å². The number of nitrogens with zero attached hydrogens (tertiary/aromatic N) is 2. The third kappa shape index (κ3) is 1.88. The summed E-state index contributed by atoms with van der Waals surface area (Å²) in [6.45, 7) is 0. The predicted octanol–water partition coefficient (Wildman–Crippen LogP) is 1.58. The van der Waals surface area contributed by atoms with Crippen molar-refractivity contribution in [2.75, 3.05) is 7.11 Å². The van der Waals surface area contributed by atoms with E-state index in [1.54, 1.807) is 19.4 Å². The molecule has 1 aromatic heterocycles. The average Bonchev–Trinajstić information content (AvgIpc) is 2.78. The number of carbonyl (C=O) groups is 1. The quantitative estimate of drug-likeness (QED) is 0.849. The van der Waals surface area contributed by atoms with Crippen LogP contribution in [-0.4, -0.2) is 28.0 Å². The van der Waals surface area contributed by atoms with Crippen LogP contribution in [0.1, 0.15) is 10.5 Å². The van der Waals surface area contributed by atoms with E-state index in [1.165, 1.54) is 10.7 Å². The molecule has 2 aromatic rings. The summed E-state index contributed by atoms with van der Waals surface area (Å²) in [7, 11) is 1.57. The lowest BCUT2D eigenvalue weighted by Gasteiger charge is -2.03. The van der Waals surface area contributed by atoms with Crippen LogP contribution in [0.3, 0.4) is 0 Å². The minimum Gasteiger partial charge on any atom is -0.497 e. The number of aromatic nitrogens is 2. The number of hydrogen-bond acceptors (Lipinski definition) is 3. The van der Waals surface area contributed by atoms with Gasteiger partial charge in [-0.25, -0.2) is 9.48 Å². The maximum atomic E-state index is 10.7. The van der Waals surface area contributed by atoms with E-state index in [0.29, 0.717) is 5.75 Å². The van der Waals surface area contributed by atoms with Gasteiger partial charge in [-0.15, -0.1) is 0 Å². The summed E-state index contributed by atoms with van der Waals surface area (Å²) in [6, 6.07) is 8.67. The van der Waals surface area contributed by atoms with Gasteiger partial charge in [0, 0.05) is 12.3 Å². The van der Waals surface area contributed by atoms with Crippen LogP contribution in [0.4, 0.5) is 0 Å². The highest BCUT2D eigenvalue weighted by Gasteiger charge is 2.07. The molecular formula is C11H10N2O3. The van der Waals surface area contributed by atoms with Gasteiger partial charge in [0.05, 0.1) is 12.8 Å². The van der Waals surface area contributed by atoms with Gasteiger partial charge in [0.1, 0.15) is 5.75 Å². The maximum Gasteiger partial charge on any atom is 0.356 e. The molecule has 0 bridgehead atoms.